The zero-order chi connectivity index (χ0) is 16.3. The molecular formula is C19H19FN2O. The molecule has 1 N–H and O–H groups in total. The lowest BCUT2D eigenvalue weighted by molar-refractivity contribution is 0.0431. The molecule has 0 fully saturated rings. The highest BCUT2D eigenvalue weighted by molar-refractivity contribution is 5.64. The Morgan fingerprint density at radius 1 is 1.13 bits per heavy atom. The number of nitrogens with zero attached hydrogens (tertiary/aromatic N) is 2. The quantitative estimate of drug-likeness (QED) is 0.774. The summed E-state index contributed by atoms with van der Waals surface area (Å²) in [6.45, 7) is 2.48. The number of imidazole rings is 1. The van der Waals surface area contributed by atoms with Gasteiger partial charge in [-0.05, 0) is 30.5 Å². The predicted octanol–water partition coefficient (Wildman–Crippen LogP) is 3.99. The molecule has 1 aromatic heterocycles. The van der Waals surface area contributed by atoms with Gasteiger partial charge >= 0.3 is 0 Å². The van der Waals surface area contributed by atoms with E-state index in [1.807, 2.05) is 41.1 Å². The van der Waals surface area contributed by atoms with E-state index in [0.29, 0.717) is 18.5 Å². The maximum absolute atomic E-state index is 13.8. The van der Waals surface area contributed by atoms with Crippen LogP contribution >= 0.6 is 0 Å². The molecule has 1 atom stereocenters. The molecular weight excluding hydrogens is 291 g/mol. The Hall–Kier alpha value is -2.46. The van der Waals surface area contributed by atoms with Crippen LogP contribution in [0, 0.1) is 5.82 Å². The van der Waals surface area contributed by atoms with Gasteiger partial charge in [-0.1, -0.05) is 42.5 Å². The second-order valence-corrected chi connectivity index (χ2v) is 5.88. The van der Waals surface area contributed by atoms with Crippen molar-refractivity contribution in [2.45, 2.75) is 25.5 Å². The minimum absolute atomic E-state index is 0.243. The van der Waals surface area contributed by atoms with Gasteiger partial charge in [-0.25, -0.2) is 9.37 Å². The number of hydrogen-bond acceptors (Lipinski definition) is 2. The molecule has 0 saturated heterocycles. The van der Waals surface area contributed by atoms with Gasteiger partial charge in [0.15, 0.2) is 0 Å². The van der Waals surface area contributed by atoms with Gasteiger partial charge < -0.3 is 9.67 Å². The number of rotatable bonds is 5. The van der Waals surface area contributed by atoms with Crippen molar-refractivity contribution < 1.29 is 9.50 Å². The van der Waals surface area contributed by atoms with E-state index < -0.39 is 5.60 Å². The maximum atomic E-state index is 13.8. The summed E-state index contributed by atoms with van der Waals surface area (Å²) in [5.41, 5.74) is 1.24. The van der Waals surface area contributed by atoms with Gasteiger partial charge in [0.1, 0.15) is 5.82 Å². The van der Waals surface area contributed by atoms with Crippen LogP contribution in [-0.4, -0.2) is 14.7 Å². The molecule has 0 aliphatic heterocycles. The molecule has 1 unspecified atom stereocenters. The van der Waals surface area contributed by atoms with Crippen LogP contribution in [0.4, 0.5) is 4.39 Å². The van der Waals surface area contributed by atoms with E-state index in [1.165, 1.54) is 6.07 Å². The van der Waals surface area contributed by atoms with E-state index in [1.54, 1.807) is 31.6 Å². The summed E-state index contributed by atoms with van der Waals surface area (Å²) < 4.78 is 15.8. The van der Waals surface area contributed by atoms with Gasteiger partial charge in [0.05, 0.1) is 11.9 Å². The van der Waals surface area contributed by atoms with E-state index >= 15 is 0 Å². The predicted molar refractivity (Wildman–Crippen MR) is 88.3 cm³/mol. The van der Waals surface area contributed by atoms with Crippen LogP contribution < -0.4 is 0 Å². The number of hydrogen-bond donors (Lipinski definition) is 1. The highest BCUT2D eigenvalue weighted by Gasteiger charge is 2.22. The van der Waals surface area contributed by atoms with Crippen LogP contribution in [0.1, 0.15) is 18.9 Å². The molecule has 2 aromatic carbocycles. The SMILES string of the molecule is CC(O)(CCn1ccnc1)c1ccc(-c2ccccc2F)cc1. The second kappa shape index (κ2) is 6.34. The molecule has 0 radical (unpaired) electrons. The van der Waals surface area contributed by atoms with Crippen molar-refractivity contribution in [3.8, 4) is 11.1 Å². The van der Waals surface area contributed by atoms with Crippen LogP contribution in [-0.2, 0) is 12.1 Å². The van der Waals surface area contributed by atoms with E-state index in [-0.39, 0.29) is 5.82 Å². The summed E-state index contributed by atoms with van der Waals surface area (Å²) in [6, 6.07) is 14.1. The molecule has 0 amide bonds. The largest absolute Gasteiger partial charge is 0.385 e. The number of halogens is 1. The Balaban J connectivity index is 1.77. The van der Waals surface area contributed by atoms with E-state index in [9.17, 15) is 9.50 Å². The first-order valence-electron chi connectivity index (χ1n) is 7.60. The number of aryl methyl sites for hydroxylation is 1. The van der Waals surface area contributed by atoms with Crippen LogP contribution in [0.15, 0.2) is 67.3 Å². The van der Waals surface area contributed by atoms with Crippen LogP contribution in [0.25, 0.3) is 11.1 Å². The molecule has 0 spiro atoms. The second-order valence-electron chi connectivity index (χ2n) is 5.88. The third kappa shape index (κ3) is 3.48. The van der Waals surface area contributed by atoms with Gasteiger partial charge in [0.2, 0.25) is 0 Å². The highest BCUT2D eigenvalue weighted by atomic mass is 19.1. The van der Waals surface area contributed by atoms with Crippen LogP contribution in [0.3, 0.4) is 0 Å². The Labute approximate surface area is 135 Å². The number of aliphatic hydroxyl groups is 1. The summed E-state index contributed by atoms with van der Waals surface area (Å²) in [5, 5.41) is 10.7. The summed E-state index contributed by atoms with van der Waals surface area (Å²) >= 11 is 0. The molecule has 0 saturated carbocycles. The minimum Gasteiger partial charge on any atom is -0.385 e. The standard InChI is InChI=1S/C19H19FN2O/c1-19(23,10-12-22-13-11-21-14-22)16-8-6-15(7-9-16)17-4-2-3-5-18(17)20/h2-9,11,13-14,23H,10,12H2,1H3. The Bertz CT molecular complexity index is 764. The first-order valence-corrected chi connectivity index (χ1v) is 7.60. The zero-order valence-electron chi connectivity index (χ0n) is 13.0. The smallest absolute Gasteiger partial charge is 0.131 e. The highest BCUT2D eigenvalue weighted by Crippen LogP contribution is 2.29. The molecule has 0 bridgehead atoms. The molecule has 1 heterocycles. The summed E-state index contributed by atoms with van der Waals surface area (Å²) in [5.74, 6) is -0.243. The molecule has 3 nitrogen and oxygen atoms in total. The van der Waals surface area contributed by atoms with Gasteiger partial charge in [0.25, 0.3) is 0 Å². The van der Waals surface area contributed by atoms with Crippen molar-refractivity contribution in [2.75, 3.05) is 0 Å². The third-order valence-electron chi connectivity index (χ3n) is 4.11. The molecule has 118 valence electrons. The van der Waals surface area contributed by atoms with Crippen LogP contribution in [0.2, 0.25) is 0 Å². The van der Waals surface area contributed by atoms with Crippen molar-refractivity contribution in [2.24, 2.45) is 0 Å². The van der Waals surface area contributed by atoms with Gasteiger partial charge in [-0.3, -0.25) is 0 Å². The van der Waals surface area contributed by atoms with Gasteiger partial charge in [-0.2, -0.15) is 0 Å². The normalized spacial score (nSPS) is 13.7. The fraction of sp³-hybridized carbons (Fsp3) is 0.211. The fourth-order valence-electron chi connectivity index (χ4n) is 2.61. The number of benzene rings is 2. The zero-order valence-corrected chi connectivity index (χ0v) is 13.0. The van der Waals surface area contributed by atoms with Crippen LogP contribution in [0.5, 0.6) is 0 Å². The van der Waals surface area contributed by atoms with Crippen molar-refractivity contribution >= 4 is 0 Å². The average molecular weight is 310 g/mol. The van der Waals surface area contributed by atoms with Crippen molar-refractivity contribution in [3.63, 3.8) is 0 Å². The number of aromatic nitrogens is 2. The molecule has 3 rings (SSSR count). The molecule has 3 aromatic rings. The lowest BCUT2D eigenvalue weighted by atomic mass is 9.91. The van der Waals surface area contributed by atoms with E-state index in [4.69, 9.17) is 0 Å². The van der Waals surface area contributed by atoms with Crippen molar-refractivity contribution in [3.05, 3.63) is 78.6 Å². The molecule has 23 heavy (non-hydrogen) atoms. The first-order chi connectivity index (χ1) is 11.1. The van der Waals surface area contributed by atoms with E-state index in [2.05, 4.69) is 4.98 Å². The summed E-state index contributed by atoms with van der Waals surface area (Å²) in [7, 11) is 0. The Kier molecular flexibility index (Phi) is 4.26. The summed E-state index contributed by atoms with van der Waals surface area (Å²) in [6.07, 6.45) is 5.90. The Morgan fingerprint density at radius 3 is 2.52 bits per heavy atom. The first kappa shape index (κ1) is 15.4. The lowest BCUT2D eigenvalue weighted by Crippen LogP contribution is -2.23. The minimum atomic E-state index is -0.946. The van der Waals surface area contributed by atoms with Crippen molar-refractivity contribution in [1.82, 2.24) is 9.55 Å². The third-order valence-corrected chi connectivity index (χ3v) is 4.11. The topological polar surface area (TPSA) is 38.0 Å². The average Bonchev–Trinajstić information content (AvgIpc) is 3.07. The molecule has 0 aliphatic rings. The molecule has 4 heteroatoms. The fourth-order valence-corrected chi connectivity index (χ4v) is 2.61. The summed E-state index contributed by atoms with van der Waals surface area (Å²) in [4.78, 5) is 3.99. The van der Waals surface area contributed by atoms with E-state index in [0.717, 1.165) is 11.1 Å². The molecule has 0 aliphatic carbocycles. The maximum Gasteiger partial charge on any atom is 0.131 e. The monoisotopic (exact) mass is 310 g/mol. The van der Waals surface area contributed by atoms with Gasteiger partial charge in [0, 0.05) is 24.5 Å². The van der Waals surface area contributed by atoms with Gasteiger partial charge in [-0.15, -0.1) is 0 Å². The Morgan fingerprint density at radius 2 is 1.87 bits per heavy atom. The lowest BCUT2D eigenvalue weighted by Gasteiger charge is -2.24. The van der Waals surface area contributed by atoms with Crippen molar-refractivity contribution in [1.29, 1.82) is 0 Å².